The molecule has 0 saturated heterocycles. The summed E-state index contributed by atoms with van der Waals surface area (Å²) in [6, 6.07) is 4.08. The van der Waals surface area contributed by atoms with E-state index in [1.165, 1.54) is 29.5 Å². The zero-order chi connectivity index (χ0) is 11.7. The van der Waals surface area contributed by atoms with Crippen LogP contribution in [0.25, 0.3) is 0 Å². The van der Waals surface area contributed by atoms with Gasteiger partial charge in [0.05, 0.1) is 10.4 Å². The molecule has 1 aromatic carbocycles. The summed E-state index contributed by atoms with van der Waals surface area (Å²) in [5, 5.41) is 10.4. The summed E-state index contributed by atoms with van der Waals surface area (Å²) in [7, 11) is 0. The summed E-state index contributed by atoms with van der Waals surface area (Å²) in [4.78, 5) is 4.49. The fraction of sp³-hybridized carbons (Fsp3) is 0.100. The number of thiazole rings is 1. The number of benzene rings is 1. The smallest absolute Gasteiger partial charge is 0.129 e. The van der Waals surface area contributed by atoms with Gasteiger partial charge in [-0.05, 0) is 34.1 Å². The highest BCUT2D eigenvalue weighted by Crippen LogP contribution is 2.33. The first-order valence-corrected chi connectivity index (χ1v) is 6.36. The molecule has 6 heteroatoms. The van der Waals surface area contributed by atoms with Crippen molar-refractivity contribution in [3.8, 4) is 0 Å². The molecule has 0 aliphatic carbocycles. The monoisotopic (exact) mass is 321 g/mol. The van der Waals surface area contributed by atoms with Gasteiger partial charge in [-0.15, -0.1) is 11.3 Å². The highest BCUT2D eigenvalue weighted by molar-refractivity contribution is 9.10. The number of aromatic nitrogens is 1. The van der Waals surface area contributed by atoms with E-state index < -0.39 is 11.9 Å². The third-order valence-electron chi connectivity index (χ3n) is 2.05. The number of aliphatic hydroxyl groups excluding tert-OH is 1. The molecular weight excluding hydrogens is 317 g/mol. The Hall–Kier alpha value is -0.490. The first-order valence-electron chi connectivity index (χ1n) is 4.31. The normalized spacial score (nSPS) is 12.8. The first-order chi connectivity index (χ1) is 7.59. The van der Waals surface area contributed by atoms with Crippen LogP contribution < -0.4 is 0 Å². The quantitative estimate of drug-likeness (QED) is 0.913. The lowest BCUT2D eigenvalue weighted by Crippen LogP contribution is -2.01. The first kappa shape index (κ1) is 12.0. The maximum atomic E-state index is 13.5. The Bertz CT molecular complexity index is 519. The van der Waals surface area contributed by atoms with Gasteiger partial charge in [0.25, 0.3) is 0 Å². The van der Waals surface area contributed by atoms with Crippen LogP contribution >= 0.6 is 38.9 Å². The number of nitrogens with zero attached hydrogens (tertiary/aromatic N) is 1. The van der Waals surface area contributed by atoms with Crippen molar-refractivity contribution in [2.45, 2.75) is 6.10 Å². The predicted molar refractivity (Wildman–Crippen MR) is 65.3 cm³/mol. The van der Waals surface area contributed by atoms with Gasteiger partial charge in [-0.25, -0.2) is 9.37 Å². The van der Waals surface area contributed by atoms with Crippen LogP contribution in [0.3, 0.4) is 0 Å². The van der Waals surface area contributed by atoms with E-state index in [1.807, 2.05) is 0 Å². The third-order valence-corrected chi connectivity index (χ3v) is 4.06. The molecule has 1 unspecified atom stereocenters. The summed E-state index contributed by atoms with van der Waals surface area (Å²) in [5.41, 5.74) is 1.72. The molecule has 0 fully saturated rings. The number of halogens is 3. The van der Waals surface area contributed by atoms with Gasteiger partial charge in [-0.3, -0.25) is 0 Å². The van der Waals surface area contributed by atoms with Crippen molar-refractivity contribution in [2.75, 3.05) is 0 Å². The van der Waals surface area contributed by atoms with E-state index in [0.717, 1.165) is 0 Å². The number of hydrogen-bond acceptors (Lipinski definition) is 3. The van der Waals surface area contributed by atoms with Gasteiger partial charge >= 0.3 is 0 Å². The molecule has 0 bridgehead atoms. The highest BCUT2D eigenvalue weighted by atomic mass is 79.9. The third kappa shape index (κ3) is 2.27. The Balaban J connectivity index is 2.45. The molecule has 0 radical (unpaired) electrons. The zero-order valence-corrected chi connectivity index (χ0v) is 11.0. The standard InChI is InChI=1S/C10H6BrClFNOS/c11-10-9(16-4-14-10)8(15)6-3-5(12)1-2-7(6)13/h1-4,8,15H. The van der Waals surface area contributed by atoms with Gasteiger partial charge in [0.15, 0.2) is 0 Å². The molecule has 2 rings (SSSR count). The Kier molecular flexibility index (Phi) is 3.59. The van der Waals surface area contributed by atoms with Crippen molar-refractivity contribution in [3.05, 3.63) is 49.6 Å². The zero-order valence-electron chi connectivity index (χ0n) is 7.82. The van der Waals surface area contributed by atoms with Gasteiger partial charge < -0.3 is 5.11 Å². The molecule has 0 aliphatic heterocycles. The van der Waals surface area contributed by atoms with Crippen LogP contribution in [0, 0.1) is 5.82 Å². The van der Waals surface area contributed by atoms with Gasteiger partial charge in [-0.2, -0.15) is 0 Å². The predicted octanol–water partition coefficient (Wildman–Crippen LogP) is 3.78. The second-order valence-corrected chi connectivity index (χ2v) is 5.15. The van der Waals surface area contributed by atoms with Gasteiger partial charge in [0.2, 0.25) is 0 Å². The summed E-state index contributed by atoms with van der Waals surface area (Å²) < 4.78 is 14.0. The van der Waals surface area contributed by atoms with E-state index in [4.69, 9.17) is 11.6 Å². The molecule has 0 spiro atoms. The maximum Gasteiger partial charge on any atom is 0.129 e. The highest BCUT2D eigenvalue weighted by Gasteiger charge is 2.19. The Labute approximate surface area is 109 Å². The van der Waals surface area contributed by atoms with Crippen LogP contribution in [0.5, 0.6) is 0 Å². The van der Waals surface area contributed by atoms with Crippen molar-refractivity contribution in [1.82, 2.24) is 4.98 Å². The fourth-order valence-electron chi connectivity index (χ4n) is 1.28. The topological polar surface area (TPSA) is 33.1 Å². The molecule has 84 valence electrons. The van der Waals surface area contributed by atoms with Crippen molar-refractivity contribution in [1.29, 1.82) is 0 Å². The van der Waals surface area contributed by atoms with Crippen LogP contribution in [-0.4, -0.2) is 10.1 Å². The molecule has 0 saturated carbocycles. The van der Waals surface area contributed by atoms with Crippen molar-refractivity contribution >= 4 is 38.9 Å². The maximum absolute atomic E-state index is 13.5. The van der Waals surface area contributed by atoms with Crippen molar-refractivity contribution in [2.24, 2.45) is 0 Å². The minimum absolute atomic E-state index is 0.150. The molecule has 1 N–H and O–H groups in total. The van der Waals surface area contributed by atoms with E-state index in [-0.39, 0.29) is 5.56 Å². The second-order valence-electron chi connectivity index (χ2n) is 3.08. The van der Waals surface area contributed by atoms with Gasteiger partial charge in [0.1, 0.15) is 16.5 Å². The Morgan fingerprint density at radius 1 is 1.50 bits per heavy atom. The van der Waals surface area contributed by atoms with E-state index >= 15 is 0 Å². The minimum atomic E-state index is -1.06. The van der Waals surface area contributed by atoms with Crippen LogP contribution in [0.15, 0.2) is 28.3 Å². The lowest BCUT2D eigenvalue weighted by Gasteiger charge is -2.10. The molecule has 1 atom stereocenters. The number of aliphatic hydroxyl groups is 1. The van der Waals surface area contributed by atoms with Crippen molar-refractivity contribution in [3.63, 3.8) is 0 Å². The fourth-order valence-corrected chi connectivity index (χ4v) is 2.88. The summed E-state index contributed by atoms with van der Waals surface area (Å²) in [6.07, 6.45) is -1.06. The van der Waals surface area contributed by atoms with Gasteiger partial charge in [0, 0.05) is 10.6 Å². The van der Waals surface area contributed by atoms with Crippen LogP contribution in [-0.2, 0) is 0 Å². The van der Waals surface area contributed by atoms with Crippen molar-refractivity contribution < 1.29 is 9.50 Å². The van der Waals surface area contributed by atoms with E-state index in [1.54, 1.807) is 5.51 Å². The van der Waals surface area contributed by atoms with E-state index in [2.05, 4.69) is 20.9 Å². The molecule has 2 aromatic rings. The Morgan fingerprint density at radius 2 is 2.25 bits per heavy atom. The molecule has 0 aliphatic rings. The molecule has 1 heterocycles. The van der Waals surface area contributed by atoms with Crippen LogP contribution in [0.1, 0.15) is 16.5 Å². The lowest BCUT2D eigenvalue weighted by molar-refractivity contribution is 0.218. The average molecular weight is 323 g/mol. The molecule has 0 amide bonds. The summed E-state index contributed by atoms with van der Waals surface area (Å²) in [6.45, 7) is 0. The second kappa shape index (κ2) is 4.79. The van der Waals surface area contributed by atoms with Gasteiger partial charge in [-0.1, -0.05) is 11.6 Å². The largest absolute Gasteiger partial charge is 0.383 e. The molecule has 2 nitrogen and oxygen atoms in total. The summed E-state index contributed by atoms with van der Waals surface area (Å²) >= 11 is 10.2. The van der Waals surface area contributed by atoms with E-state index in [0.29, 0.717) is 14.5 Å². The van der Waals surface area contributed by atoms with Crippen LogP contribution in [0.2, 0.25) is 5.02 Å². The SMILES string of the molecule is OC(c1cc(Cl)ccc1F)c1scnc1Br. The lowest BCUT2D eigenvalue weighted by atomic mass is 10.1. The minimum Gasteiger partial charge on any atom is -0.383 e. The number of hydrogen-bond donors (Lipinski definition) is 1. The van der Waals surface area contributed by atoms with Crippen LogP contribution in [0.4, 0.5) is 4.39 Å². The molecule has 1 aromatic heterocycles. The molecular formula is C10H6BrClFNOS. The molecule has 16 heavy (non-hydrogen) atoms. The van der Waals surface area contributed by atoms with E-state index in [9.17, 15) is 9.50 Å². The summed E-state index contributed by atoms with van der Waals surface area (Å²) in [5.74, 6) is -0.489. The average Bonchev–Trinajstić information content (AvgIpc) is 2.67. The Morgan fingerprint density at radius 3 is 2.88 bits per heavy atom. The number of rotatable bonds is 2.